The summed E-state index contributed by atoms with van der Waals surface area (Å²) in [7, 11) is -1.49. The number of carbonyl (C=O) groups is 2. The number of pyridine rings is 1. The van der Waals surface area contributed by atoms with Gasteiger partial charge < -0.3 is 14.7 Å². The third-order valence-electron chi connectivity index (χ3n) is 5.41. The zero-order chi connectivity index (χ0) is 19.6. The van der Waals surface area contributed by atoms with Gasteiger partial charge >= 0.3 is 0 Å². The Morgan fingerprint density at radius 2 is 1.96 bits per heavy atom. The maximum Gasteiger partial charge on any atom is 0.272 e. The Labute approximate surface area is 160 Å². The second-order valence-electron chi connectivity index (χ2n) is 7.13. The Morgan fingerprint density at radius 1 is 1.26 bits per heavy atom. The Hall–Kier alpha value is -2.00. The Kier molecular flexibility index (Phi) is 5.81. The fourth-order valence-corrected chi connectivity index (χ4v) is 5.33. The average Bonchev–Trinajstić information content (AvgIpc) is 3.06. The molecule has 2 aliphatic heterocycles. The number of amides is 2. The highest BCUT2D eigenvalue weighted by Crippen LogP contribution is 2.18. The number of rotatable bonds is 4. The molecule has 1 aromatic rings. The van der Waals surface area contributed by atoms with E-state index < -0.39 is 9.84 Å². The number of hydrogen-bond donors (Lipinski definition) is 0. The zero-order valence-corrected chi connectivity index (χ0v) is 16.6. The first-order valence-electron chi connectivity index (χ1n) is 9.26. The smallest absolute Gasteiger partial charge is 0.272 e. The standard InChI is InChI=1S/C18H26N4O4S/c1-3-21-7-9-22(10-8-21)17(23)14-4-6-19-16(12-14)18(24)20(2)15-5-11-27(25,26)13-15/h4,6,12,15H,3,5,7-11,13H2,1-2H3. The van der Waals surface area contributed by atoms with Crippen LogP contribution in [0.4, 0.5) is 0 Å². The van der Waals surface area contributed by atoms with Gasteiger partial charge in [0.15, 0.2) is 9.84 Å². The number of carbonyl (C=O) groups excluding carboxylic acids is 2. The molecule has 9 heteroatoms. The van der Waals surface area contributed by atoms with Crippen molar-refractivity contribution in [1.29, 1.82) is 0 Å². The van der Waals surface area contributed by atoms with Crippen LogP contribution in [0.5, 0.6) is 0 Å². The molecule has 2 fully saturated rings. The van der Waals surface area contributed by atoms with Crippen molar-refractivity contribution in [3.05, 3.63) is 29.6 Å². The van der Waals surface area contributed by atoms with Crippen molar-refractivity contribution in [2.24, 2.45) is 0 Å². The van der Waals surface area contributed by atoms with Crippen LogP contribution in [0.25, 0.3) is 0 Å². The third kappa shape index (κ3) is 4.47. The largest absolute Gasteiger partial charge is 0.336 e. The van der Waals surface area contributed by atoms with Crippen molar-refractivity contribution < 1.29 is 18.0 Å². The molecule has 2 aliphatic rings. The van der Waals surface area contributed by atoms with Gasteiger partial charge in [-0.15, -0.1) is 0 Å². The van der Waals surface area contributed by atoms with Crippen LogP contribution in [0, 0.1) is 0 Å². The van der Waals surface area contributed by atoms with Crippen molar-refractivity contribution >= 4 is 21.7 Å². The van der Waals surface area contributed by atoms with Gasteiger partial charge in [0.05, 0.1) is 11.5 Å². The van der Waals surface area contributed by atoms with Crippen molar-refractivity contribution in [2.45, 2.75) is 19.4 Å². The predicted octanol–water partition coefficient (Wildman–Crippen LogP) is 0.118. The van der Waals surface area contributed by atoms with Crippen LogP contribution < -0.4 is 0 Å². The van der Waals surface area contributed by atoms with E-state index in [0.717, 1.165) is 19.6 Å². The molecule has 3 rings (SSSR count). The quantitative estimate of drug-likeness (QED) is 0.720. The van der Waals surface area contributed by atoms with Crippen LogP contribution in [0.3, 0.4) is 0 Å². The lowest BCUT2D eigenvalue weighted by Gasteiger charge is -2.34. The van der Waals surface area contributed by atoms with Crippen LogP contribution in [0.1, 0.15) is 34.2 Å². The van der Waals surface area contributed by atoms with Gasteiger partial charge in [0.25, 0.3) is 11.8 Å². The summed E-state index contributed by atoms with van der Waals surface area (Å²) in [5, 5.41) is 0. The summed E-state index contributed by atoms with van der Waals surface area (Å²) < 4.78 is 23.3. The molecule has 1 unspecified atom stereocenters. The molecule has 27 heavy (non-hydrogen) atoms. The Bertz CT molecular complexity index is 818. The van der Waals surface area contributed by atoms with Gasteiger partial charge in [-0.2, -0.15) is 0 Å². The molecule has 3 heterocycles. The van der Waals surface area contributed by atoms with Gasteiger partial charge in [0.2, 0.25) is 0 Å². The first-order chi connectivity index (χ1) is 12.8. The molecule has 0 aliphatic carbocycles. The topological polar surface area (TPSA) is 90.9 Å². The molecular weight excluding hydrogens is 368 g/mol. The van der Waals surface area contributed by atoms with Gasteiger partial charge in [-0.25, -0.2) is 8.42 Å². The van der Waals surface area contributed by atoms with E-state index in [-0.39, 0.29) is 35.1 Å². The average molecular weight is 394 g/mol. The summed E-state index contributed by atoms with van der Waals surface area (Å²) in [5.41, 5.74) is 0.602. The molecule has 0 N–H and O–H groups in total. The van der Waals surface area contributed by atoms with Crippen LogP contribution in [-0.2, 0) is 9.84 Å². The summed E-state index contributed by atoms with van der Waals surface area (Å²) in [4.78, 5) is 35.1. The SMILES string of the molecule is CCN1CCN(C(=O)c2ccnc(C(=O)N(C)C3CCS(=O)(=O)C3)c2)CC1. The molecule has 0 radical (unpaired) electrons. The fourth-order valence-electron chi connectivity index (χ4n) is 3.56. The summed E-state index contributed by atoms with van der Waals surface area (Å²) in [5.74, 6) is -0.378. The lowest BCUT2D eigenvalue weighted by molar-refractivity contribution is 0.0643. The molecule has 0 bridgehead atoms. The number of hydrogen-bond acceptors (Lipinski definition) is 6. The van der Waals surface area contributed by atoms with E-state index in [1.807, 2.05) is 0 Å². The minimum atomic E-state index is -3.08. The maximum absolute atomic E-state index is 12.8. The van der Waals surface area contributed by atoms with Gasteiger partial charge in [-0.05, 0) is 25.1 Å². The zero-order valence-electron chi connectivity index (χ0n) is 15.8. The molecule has 0 saturated carbocycles. The van der Waals surface area contributed by atoms with Gasteiger partial charge in [0.1, 0.15) is 5.69 Å². The lowest BCUT2D eigenvalue weighted by atomic mass is 10.1. The first-order valence-corrected chi connectivity index (χ1v) is 11.1. The number of piperazine rings is 1. The number of aromatic nitrogens is 1. The van der Waals surface area contributed by atoms with Crippen molar-refractivity contribution in [3.8, 4) is 0 Å². The highest BCUT2D eigenvalue weighted by Gasteiger charge is 2.33. The number of nitrogens with zero attached hydrogens (tertiary/aromatic N) is 4. The Balaban J connectivity index is 1.69. The molecule has 8 nitrogen and oxygen atoms in total. The summed E-state index contributed by atoms with van der Waals surface area (Å²) >= 11 is 0. The van der Waals surface area contributed by atoms with Crippen molar-refractivity contribution in [2.75, 3.05) is 51.3 Å². The summed E-state index contributed by atoms with van der Waals surface area (Å²) in [6.07, 6.45) is 1.90. The molecule has 0 spiro atoms. The van der Waals surface area contributed by atoms with E-state index in [4.69, 9.17) is 0 Å². The molecule has 1 atom stereocenters. The first kappa shape index (κ1) is 19.8. The monoisotopic (exact) mass is 394 g/mol. The van der Waals surface area contributed by atoms with Crippen LogP contribution in [0.2, 0.25) is 0 Å². The summed E-state index contributed by atoms with van der Waals surface area (Å²) in [6.45, 7) is 6.09. The number of likely N-dealkylation sites (N-methyl/N-ethyl adjacent to an activating group) is 1. The Morgan fingerprint density at radius 3 is 2.56 bits per heavy atom. The predicted molar refractivity (Wildman–Crippen MR) is 101 cm³/mol. The van der Waals surface area contributed by atoms with Gasteiger partial charge in [-0.1, -0.05) is 6.92 Å². The molecule has 2 saturated heterocycles. The third-order valence-corrected chi connectivity index (χ3v) is 7.16. The van der Waals surface area contributed by atoms with Gasteiger partial charge in [-0.3, -0.25) is 14.6 Å². The van der Waals surface area contributed by atoms with E-state index in [0.29, 0.717) is 25.1 Å². The minimum Gasteiger partial charge on any atom is -0.336 e. The van der Waals surface area contributed by atoms with Crippen LogP contribution in [-0.4, -0.2) is 97.2 Å². The second-order valence-corrected chi connectivity index (χ2v) is 9.36. The van der Waals surface area contributed by atoms with E-state index in [9.17, 15) is 18.0 Å². The van der Waals surface area contributed by atoms with Crippen LogP contribution in [0.15, 0.2) is 18.3 Å². The summed E-state index contributed by atoms with van der Waals surface area (Å²) in [6, 6.07) is 2.79. The van der Waals surface area contributed by atoms with Gasteiger partial charge in [0, 0.05) is 51.0 Å². The highest BCUT2D eigenvalue weighted by molar-refractivity contribution is 7.91. The molecule has 0 aromatic carbocycles. The van der Waals surface area contributed by atoms with E-state index in [2.05, 4.69) is 16.8 Å². The van der Waals surface area contributed by atoms with E-state index in [1.165, 1.54) is 17.2 Å². The normalized spacial score (nSPS) is 22.6. The van der Waals surface area contributed by atoms with Crippen molar-refractivity contribution in [1.82, 2.24) is 19.7 Å². The number of sulfone groups is 1. The lowest BCUT2D eigenvalue weighted by Crippen LogP contribution is -2.48. The molecular formula is C18H26N4O4S. The molecule has 1 aromatic heterocycles. The van der Waals surface area contributed by atoms with E-state index in [1.54, 1.807) is 18.0 Å². The molecule has 2 amide bonds. The van der Waals surface area contributed by atoms with Crippen molar-refractivity contribution in [3.63, 3.8) is 0 Å². The van der Waals surface area contributed by atoms with Crippen LogP contribution >= 0.6 is 0 Å². The maximum atomic E-state index is 12.8. The highest BCUT2D eigenvalue weighted by atomic mass is 32.2. The fraction of sp³-hybridized carbons (Fsp3) is 0.611. The van der Waals surface area contributed by atoms with E-state index >= 15 is 0 Å². The minimum absolute atomic E-state index is 0.0183. The second kappa shape index (κ2) is 7.93. The molecule has 148 valence electrons.